The molecule has 0 radical (unpaired) electrons. The average molecular weight is 459 g/mol. The fourth-order valence-corrected chi connectivity index (χ4v) is 4.53. The van der Waals surface area contributed by atoms with Crippen LogP contribution in [-0.4, -0.2) is 34.5 Å². The maximum Gasteiger partial charge on any atom is 0.264 e. The van der Waals surface area contributed by atoms with Gasteiger partial charge in [-0.3, -0.25) is 9.10 Å². The summed E-state index contributed by atoms with van der Waals surface area (Å²) in [6.45, 7) is 0.0342. The molecule has 0 unspecified atom stereocenters. The van der Waals surface area contributed by atoms with Gasteiger partial charge < -0.3 is 10.1 Å². The lowest BCUT2D eigenvalue weighted by Gasteiger charge is -2.24. The Hall–Kier alpha value is -3.03. The Morgan fingerprint density at radius 3 is 2.23 bits per heavy atom. The standard InChI is InChI=1S/C23H23ClN2O4S/c1-30-21-13-7-18(8-14-21)15-16-25-23(27)17-26(20-11-9-19(24)10-12-20)31(28,29)22-5-3-2-4-6-22/h2-14H,15-17H2,1H3,(H,25,27). The van der Waals surface area contributed by atoms with Gasteiger partial charge in [-0.25, -0.2) is 8.42 Å². The van der Waals surface area contributed by atoms with E-state index in [9.17, 15) is 13.2 Å². The fourth-order valence-electron chi connectivity index (χ4n) is 2.97. The number of carbonyl (C=O) groups is 1. The first-order valence-corrected chi connectivity index (χ1v) is 11.4. The van der Waals surface area contributed by atoms with Crippen LogP contribution in [0.4, 0.5) is 5.69 Å². The molecule has 0 saturated heterocycles. The van der Waals surface area contributed by atoms with Crippen LogP contribution in [0.15, 0.2) is 83.8 Å². The summed E-state index contributed by atoms with van der Waals surface area (Å²) in [5, 5.41) is 3.27. The molecule has 0 heterocycles. The number of hydrogen-bond donors (Lipinski definition) is 1. The summed E-state index contributed by atoms with van der Waals surface area (Å²) in [4.78, 5) is 12.7. The molecule has 0 bridgehead atoms. The number of hydrogen-bond acceptors (Lipinski definition) is 4. The first kappa shape index (κ1) is 22.7. The van der Waals surface area contributed by atoms with Crippen molar-refractivity contribution in [1.29, 1.82) is 0 Å². The van der Waals surface area contributed by atoms with Crippen molar-refractivity contribution >= 4 is 33.2 Å². The van der Waals surface area contributed by atoms with Crippen molar-refractivity contribution in [2.24, 2.45) is 0 Å². The quantitative estimate of drug-likeness (QED) is 0.527. The lowest BCUT2D eigenvalue weighted by atomic mass is 10.1. The second-order valence-corrected chi connectivity index (χ2v) is 9.05. The van der Waals surface area contributed by atoms with Gasteiger partial charge in [0.05, 0.1) is 17.7 Å². The highest BCUT2D eigenvalue weighted by molar-refractivity contribution is 7.92. The molecule has 0 aliphatic rings. The van der Waals surface area contributed by atoms with Gasteiger partial charge in [-0.2, -0.15) is 0 Å². The molecule has 3 aromatic carbocycles. The molecule has 0 atom stereocenters. The van der Waals surface area contributed by atoms with Crippen LogP contribution in [0, 0.1) is 0 Å². The normalized spacial score (nSPS) is 11.0. The highest BCUT2D eigenvalue weighted by Gasteiger charge is 2.27. The molecule has 162 valence electrons. The van der Waals surface area contributed by atoms with E-state index in [-0.39, 0.29) is 11.4 Å². The molecule has 0 aliphatic heterocycles. The van der Waals surface area contributed by atoms with Crippen LogP contribution in [0.2, 0.25) is 5.02 Å². The predicted octanol–water partition coefficient (Wildman–Crippen LogP) is 3.90. The number of nitrogens with zero attached hydrogens (tertiary/aromatic N) is 1. The number of sulfonamides is 1. The summed E-state index contributed by atoms with van der Waals surface area (Å²) in [6, 6.07) is 21.9. The number of halogens is 1. The molecule has 6 nitrogen and oxygen atoms in total. The van der Waals surface area contributed by atoms with Crippen LogP contribution in [0.5, 0.6) is 5.75 Å². The molecule has 8 heteroatoms. The molecular weight excluding hydrogens is 436 g/mol. The van der Waals surface area contributed by atoms with E-state index in [1.54, 1.807) is 49.6 Å². The number of anilines is 1. The van der Waals surface area contributed by atoms with E-state index in [0.717, 1.165) is 15.6 Å². The third kappa shape index (κ3) is 5.99. The van der Waals surface area contributed by atoms with Crippen LogP contribution >= 0.6 is 11.6 Å². The Morgan fingerprint density at radius 2 is 1.61 bits per heavy atom. The molecule has 31 heavy (non-hydrogen) atoms. The van der Waals surface area contributed by atoms with Gasteiger partial charge in [0.2, 0.25) is 5.91 Å². The largest absolute Gasteiger partial charge is 0.497 e. The van der Waals surface area contributed by atoms with E-state index in [4.69, 9.17) is 16.3 Å². The maximum absolute atomic E-state index is 13.2. The fraction of sp³-hybridized carbons (Fsp3) is 0.174. The highest BCUT2D eigenvalue weighted by atomic mass is 35.5. The van der Waals surface area contributed by atoms with Crippen molar-refractivity contribution in [3.63, 3.8) is 0 Å². The van der Waals surface area contributed by atoms with Gasteiger partial charge in [-0.1, -0.05) is 41.9 Å². The highest BCUT2D eigenvalue weighted by Crippen LogP contribution is 2.25. The summed E-state index contributed by atoms with van der Waals surface area (Å²) < 4.78 is 32.6. The first-order chi connectivity index (χ1) is 14.9. The number of rotatable bonds is 9. The van der Waals surface area contributed by atoms with Gasteiger partial charge in [-0.15, -0.1) is 0 Å². The zero-order valence-corrected chi connectivity index (χ0v) is 18.6. The first-order valence-electron chi connectivity index (χ1n) is 9.63. The molecular formula is C23H23ClN2O4S. The molecule has 0 fully saturated rings. The minimum absolute atomic E-state index is 0.107. The van der Waals surface area contributed by atoms with Crippen molar-refractivity contribution in [3.8, 4) is 5.75 Å². The Balaban J connectivity index is 1.72. The molecule has 0 aromatic heterocycles. The summed E-state index contributed by atoms with van der Waals surface area (Å²) in [5.41, 5.74) is 1.39. The minimum atomic E-state index is -3.93. The SMILES string of the molecule is COc1ccc(CCNC(=O)CN(c2ccc(Cl)cc2)S(=O)(=O)c2ccccc2)cc1. The number of nitrogens with one attached hydrogen (secondary N) is 1. The van der Waals surface area contributed by atoms with E-state index in [1.165, 1.54) is 12.1 Å². The predicted molar refractivity (Wildman–Crippen MR) is 122 cm³/mol. The molecule has 0 aliphatic carbocycles. The molecule has 0 saturated carbocycles. The topological polar surface area (TPSA) is 75.7 Å². The van der Waals surface area contributed by atoms with E-state index < -0.39 is 15.9 Å². The third-order valence-electron chi connectivity index (χ3n) is 4.63. The van der Waals surface area contributed by atoms with Crippen LogP contribution in [0.1, 0.15) is 5.56 Å². The Kier molecular flexibility index (Phi) is 7.55. The zero-order chi connectivity index (χ0) is 22.3. The van der Waals surface area contributed by atoms with Gasteiger partial charge in [0.1, 0.15) is 12.3 Å². The van der Waals surface area contributed by atoms with Crippen molar-refractivity contribution in [2.75, 3.05) is 24.5 Å². The second-order valence-electron chi connectivity index (χ2n) is 6.75. The number of methoxy groups -OCH3 is 1. The van der Waals surface area contributed by atoms with E-state index >= 15 is 0 Å². The molecule has 3 rings (SSSR count). The number of amides is 1. The van der Waals surface area contributed by atoms with Crippen molar-refractivity contribution < 1.29 is 17.9 Å². The van der Waals surface area contributed by atoms with Crippen molar-refractivity contribution in [1.82, 2.24) is 5.32 Å². The Morgan fingerprint density at radius 1 is 0.968 bits per heavy atom. The van der Waals surface area contributed by atoms with Crippen LogP contribution in [0.3, 0.4) is 0 Å². The van der Waals surface area contributed by atoms with Gasteiger partial charge in [0.15, 0.2) is 0 Å². The summed E-state index contributed by atoms with van der Waals surface area (Å²) in [5.74, 6) is 0.362. The lowest BCUT2D eigenvalue weighted by molar-refractivity contribution is -0.119. The van der Waals surface area contributed by atoms with Gasteiger partial charge in [0, 0.05) is 11.6 Å². The van der Waals surface area contributed by atoms with E-state index in [1.807, 2.05) is 24.3 Å². The average Bonchev–Trinajstić information content (AvgIpc) is 2.79. The van der Waals surface area contributed by atoms with E-state index in [0.29, 0.717) is 23.7 Å². The van der Waals surface area contributed by atoms with Crippen molar-refractivity contribution in [3.05, 3.63) is 89.4 Å². The molecule has 0 spiro atoms. The zero-order valence-electron chi connectivity index (χ0n) is 17.0. The molecule has 3 aromatic rings. The number of ether oxygens (including phenoxy) is 1. The minimum Gasteiger partial charge on any atom is -0.497 e. The lowest BCUT2D eigenvalue weighted by Crippen LogP contribution is -2.41. The maximum atomic E-state index is 13.2. The van der Waals surface area contributed by atoms with Crippen LogP contribution in [0.25, 0.3) is 0 Å². The van der Waals surface area contributed by atoms with Gasteiger partial charge in [0.25, 0.3) is 10.0 Å². The number of carbonyl (C=O) groups excluding carboxylic acids is 1. The molecule has 1 N–H and O–H groups in total. The van der Waals surface area contributed by atoms with Gasteiger partial charge >= 0.3 is 0 Å². The monoisotopic (exact) mass is 458 g/mol. The second kappa shape index (κ2) is 10.3. The summed E-state index contributed by atoms with van der Waals surface area (Å²) in [7, 11) is -2.33. The Labute approximate surface area is 187 Å². The smallest absolute Gasteiger partial charge is 0.264 e. The molecule has 1 amide bonds. The van der Waals surface area contributed by atoms with Crippen molar-refractivity contribution in [2.45, 2.75) is 11.3 Å². The summed E-state index contributed by atoms with van der Waals surface area (Å²) in [6.07, 6.45) is 0.613. The summed E-state index contributed by atoms with van der Waals surface area (Å²) >= 11 is 5.94. The van der Waals surface area contributed by atoms with E-state index in [2.05, 4.69) is 5.32 Å². The Bertz CT molecular complexity index is 1100. The van der Waals surface area contributed by atoms with Crippen LogP contribution in [-0.2, 0) is 21.2 Å². The van der Waals surface area contributed by atoms with Crippen LogP contribution < -0.4 is 14.4 Å². The number of benzene rings is 3. The third-order valence-corrected chi connectivity index (χ3v) is 6.67. The van der Waals surface area contributed by atoms with Gasteiger partial charge in [-0.05, 0) is 60.5 Å².